The van der Waals surface area contributed by atoms with Gasteiger partial charge in [-0.25, -0.2) is 4.98 Å². The molecule has 1 aliphatic heterocycles. The number of ether oxygens (including phenoxy) is 2. The molecule has 2 aromatic rings. The molecule has 1 aromatic carbocycles. The fourth-order valence-corrected chi connectivity index (χ4v) is 3.53. The fraction of sp³-hybridized carbons (Fsp3) is 0.533. The summed E-state index contributed by atoms with van der Waals surface area (Å²) in [4.78, 5) is 4.60. The third-order valence-electron chi connectivity index (χ3n) is 3.69. The van der Waals surface area contributed by atoms with E-state index in [1.54, 1.807) is 18.4 Å². The molecule has 0 aliphatic carbocycles. The summed E-state index contributed by atoms with van der Waals surface area (Å²) in [6.07, 6.45) is 2.18. The van der Waals surface area contributed by atoms with Crippen LogP contribution in [0.4, 0.5) is 0 Å². The average molecular weight is 308 g/mol. The summed E-state index contributed by atoms with van der Waals surface area (Å²) in [5.74, 6) is 0.861. The molecule has 0 spiro atoms. The first-order chi connectivity index (χ1) is 10.3. The number of aliphatic hydroxyl groups excluding tert-OH is 1. The Morgan fingerprint density at radius 2 is 2.29 bits per heavy atom. The standard InChI is InChI=1S/C15H20N2O3S/c1-19-10-4-5-13-14(6-10)21-15(17-13)8-16-7-11-2-3-12(9-18)20-11/h4-6,11-12,16,18H,2-3,7-9H2,1H3/t11-,12+/m1/s1. The highest BCUT2D eigenvalue weighted by Gasteiger charge is 2.23. The molecule has 0 radical (unpaired) electrons. The Morgan fingerprint density at radius 1 is 1.43 bits per heavy atom. The van der Waals surface area contributed by atoms with Crippen LogP contribution < -0.4 is 10.1 Å². The van der Waals surface area contributed by atoms with Gasteiger partial charge in [-0.05, 0) is 31.0 Å². The number of hydrogen-bond acceptors (Lipinski definition) is 6. The summed E-state index contributed by atoms with van der Waals surface area (Å²) >= 11 is 1.68. The van der Waals surface area contributed by atoms with Gasteiger partial charge in [0.05, 0.1) is 36.1 Å². The number of nitrogens with zero attached hydrogens (tertiary/aromatic N) is 1. The molecule has 2 atom stereocenters. The lowest BCUT2D eigenvalue weighted by Crippen LogP contribution is -2.27. The van der Waals surface area contributed by atoms with Crippen LogP contribution in [0.15, 0.2) is 18.2 Å². The van der Waals surface area contributed by atoms with Crippen LogP contribution in [0.5, 0.6) is 5.75 Å². The number of methoxy groups -OCH3 is 1. The van der Waals surface area contributed by atoms with Crippen molar-refractivity contribution in [2.45, 2.75) is 31.6 Å². The Morgan fingerprint density at radius 3 is 3.05 bits per heavy atom. The number of thiazole rings is 1. The molecule has 6 heteroatoms. The summed E-state index contributed by atoms with van der Waals surface area (Å²) in [5.41, 5.74) is 1.01. The molecule has 3 rings (SSSR count). The molecular weight excluding hydrogens is 288 g/mol. The van der Waals surface area contributed by atoms with E-state index in [9.17, 15) is 0 Å². The number of rotatable bonds is 6. The first-order valence-electron chi connectivity index (χ1n) is 7.19. The molecule has 2 N–H and O–H groups in total. The highest BCUT2D eigenvalue weighted by Crippen LogP contribution is 2.26. The third-order valence-corrected chi connectivity index (χ3v) is 4.71. The van der Waals surface area contributed by atoms with Crippen molar-refractivity contribution >= 4 is 21.6 Å². The lowest BCUT2D eigenvalue weighted by molar-refractivity contribution is 0.0123. The van der Waals surface area contributed by atoms with E-state index in [4.69, 9.17) is 14.6 Å². The van der Waals surface area contributed by atoms with Crippen LogP contribution in [0.25, 0.3) is 10.2 Å². The smallest absolute Gasteiger partial charge is 0.120 e. The molecule has 1 fully saturated rings. The molecule has 5 nitrogen and oxygen atoms in total. The van der Waals surface area contributed by atoms with Crippen molar-refractivity contribution in [1.82, 2.24) is 10.3 Å². The minimum Gasteiger partial charge on any atom is -0.497 e. The van der Waals surface area contributed by atoms with Gasteiger partial charge in [0.1, 0.15) is 10.8 Å². The van der Waals surface area contributed by atoms with Crippen molar-refractivity contribution in [2.24, 2.45) is 0 Å². The van der Waals surface area contributed by atoms with Crippen LogP contribution in [-0.4, -0.2) is 42.6 Å². The second-order valence-corrected chi connectivity index (χ2v) is 6.33. The van der Waals surface area contributed by atoms with Crippen LogP contribution in [0, 0.1) is 0 Å². The number of hydrogen-bond donors (Lipinski definition) is 2. The van der Waals surface area contributed by atoms with Crippen molar-refractivity contribution in [3.63, 3.8) is 0 Å². The van der Waals surface area contributed by atoms with Gasteiger partial charge in [-0.3, -0.25) is 0 Å². The predicted molar refractivity (Wildman–Crippen MR) is 82.9 cm³/mol. The summed E-state index contributed by atoms with van der Waals surface area (Å²) < 4.78 is 12.1. The minimum absolute atomic E-state index is 0.0201. The van der Waals surface area contributed by atoms with Crippen LogP contribution in [0.2, 0.25) is 0 Å². The van der Waals surface area contributed by atoms with Crippen LogP contribution in [0.3, 0.4) is 0 Å². The molecule has 0 saturated carbocycles. The maximum Gasteiger partial charge on any atom is 0.120 e. The number of benzene rings is 1. The maximum atomic E-state index is 9.05. The molecular formula is C15H20N2O3S. The summed E-state index contributed by atoms with van der Waals surface area (Å²) in [7, 11) is 1.67. The van der Waals surface area contributed by atoms with Gasteiger partial charge in [0.15, 0.2) is 0 Å². The van der Waals surface area contributed by atoms with Crippen molar-refractivity contribution in [2.75, 3.05) is 20.3 Å². The summed E-state index contributed by atoms with van der Waals surface area (Å²) in [6, 6.07) is 5.93. The van der Waals surface area contributed by atoms with Crippen LogP contribution >= 0.6 is 11.3 Å². The zero-order valence-corrected chi connectivity index (χ0v) is 12.9. The van der Waals surface area contributed by atoms with Crippen molar-refractivity contribution in [3.05, 3.63) is 23.2 Å². The predicted octanol–water partition coefficient (Wildman–Crippen LogP) is 1.93. The highest BCUT2D eigenvalue weighted by molar-refractivity contribution is 7.18. The maximum absolute atomic E-state index is 9.05. The van der Waals surface area contributed by atoms with Gasteiger partial charge in [-0.15, -0.1) is 11.3 Å². The van der Waals surface area contributed by atoms with E-state index < -0.39 is 0 Å². The van der Waals surface area contributed by atoms with Crippen molar-refractivity contribution < 1.29 is 14.6 Å². The lowest BCUT2D eigenvalue weighted by atomic mass is 10.2. The Balaban J connectivity index is 1.53. The van der Waals surface area contributed by atoms with E-state index in [1.165, 1.54) is 0 Å². The molecule has 21 heavy (non-hydrogen) atoms. The largest absolute Gasteiger partial charge is 0.497 e. The van der Waals surface area contributed by atoms with E-state index in [1.807, 2.05) is 18.2 Å². The zero-order chi connectivity index (χ0) is 14.7. The second-order valence-electron chi connectivity index (χ2n) is 5.21. The Hall–Kier alpha value is -1.21. The fourth-order valence-electron chi connectivity index (χ4n) is 2.56. The van der Waals surface area contributed by atoms with E-state index in [-0.39, 0.29) is 18.8 Å². The second kappa shape index (κ2) is 6.70. The van der Waals surface area contributed by atoms with Gasteiger partial charge >= 0.3 is 0 Å². The molecule has 0 bridgehead atoms. The summed E-state index contributed by atoms with van der Waals surface area (Å²) in [6.45, 7) is 1.66. The number of nitrogens with one attached hydrogen (secondary N) is 1. The van der Waals surface area contributed by atoms with Gasteiger partial charge in [-0.1, -0.05) is 0 Å². The number of fused-ring (bicyclic) bond motifs is 1. The monoisotopic (exact) mass is 308 g/mol. The van der Waals surface area contributed by atoms with E-state index in [2.05, 4.69) is 10.3 Å². The molecule has 114 valence electrons. The first kappa shape index (κ1) is 14.7. The SMILES string of the molecule is COc1ccc2nc(CNC[C@H]3CC[C@@H](CO)O3)sc2c1. The highest BCUT2D eigenvalue weighted by atomic mass is 32.1. The molecule has 2 heterocycles. The number of aliphatic hydroxyl groups is 1. The van der Waals surface area contributed by atoms with Gasteiger partial charge in [-0.2, -0.15) is 0 Å². The van der Waals surface area contributed by atoms with Gasteiger partial charge < -0.3 is 19.9 Å². The normalized spacial score (nSPS) is 22.0. The van der Waals surface area contributed by atoms with Crippen molar-refractivity contribution in [3.8, 4) is 5.75 Å². The lowest BCUT2D eigenvalue weighted by Gasteiger charge is -2.12. The molecule has 1 aromatic heterocycles. The zero-order valence-electron chi connectivity index (χ0n) is 12.0. The Kier molecular flexibility index (Phi) is 4.70. The topological polar surface area (TPSA) is 63.6 Å². The molecule has 0 unspecified atom stereocenters. The molecule has 0 amide bonds. The van der Waals surface area contributed by atoms with Crippen molar-refractivity contribution in [1.29, 1.82) is 0 Å². The van der Waals surface area contributed by atoms with E-state index in [0.717, 1.165) is 46.9 Å². The van der Waals surface area contributed by atoms with Gasteiger partial charge in [0.2, 0.25) is 0 Å². The molecule has 1 aliphatic rings. The van der Waals surface area contributed by atoms with Gasteiger partial charge in [0.25, 0.3) is 0 Å². The Labute approximate surface area is 127 Å². The molecule has 1 saturated heterocycles. The number of aromatic nitrogens is 1. The van der Waals surface area contributed by atoms with Crippen LogP contribution in [-0.2, 0) is 11.3 Å². The minimum atomic E-state index is 0.0201. The Bertz CT molecular complexity index is 602. The van der Waals surface area contributed by atoms with Crippen LogP contribution in [0.1, 0.15) is 17.8 Å². The van der Waals surface area contributed by atoms with E-state index in [0.29, 0.717) is 0 Å². The summed E-state index contributed by atoms with van der Waals surface area (Å²) in [5, 5.41) is 13.5. The third kappa shape index (κ3) is 3.52. The first-order valence-corrected chi connectivity index (χ1v) is 8.00. The average Bonchev–Trinajstić information content (AvgIpc) is 3.12. The quantitative estimate of drug-likeness (QED) is 0.854. The van der Waals surface area contributed by atoms with E-state index >= 15 is 0 Å². The van der Waals surface area contributed by atoms with Gasteiger partial charge in [0, 0.05) is 13.1 Å².